The van der Waals surface area contributed by atoms with Gasteiger partial charge in [-0.05, 0) is 12.5 Å². The van der Waals surface area contributed by atoms with E-state index >= 15 is 0 Å². The molecule has 1 aliphatic heterocycles. The van der Waals surface area contributed by atoms with Crippen LogP contribution in [0.15, 0.2) is 42.9 Å². The number of aliphatic hydroxyl groups excluding tert-OH is 2. The minimum absolute atomic E-state index is 0.283. The second-order valence-corrected chi connectivity index (χ2v) is 5.88. The second-order valence-electron chi connectivity index (χ2n) is 5.88. The number of ether oxygens (including phenoxy) is 1. The Morgan fingerprint density at radius 3 is 2.62 bits per heavy atom. The number of rotatable bonds is 2. The van der Waals surface area contributed by atoms with Gasteiger partial charge in [-0.3, -0.25) is 0 Å². The van der Waals surface area contributed by atoms with Gasteiger partial charge in [0.1, 0.15) is 30.3 Å². The first-order valence-corrected chi connectivity index (χ1v) is 7.62. The molecule has 0 saturated carbocycles. The summed E-state index contributed by atoms with van der Waals surface area (Å²) >= 11 is 0. The second kappa shape index (κ2) is 5.62. The van der Waals surface area contributed by atoms with Crippen LogP contribution in [0.4, 0.5) is 4.39 Å². The van der Waals surface area contributed by atoms with E-state index in [-0.39, 0.29) is 5.39 Å². The molecule has 4 rings (SSSR count). The van der Waals surface area contributed by atoms with E-state index in [0.29, 0.717) is 11.3 Å². The van der Waals surface area contributed by atoms with Crippen molar-refractivity contribution in [3.63, 3.8) is 0 Å². The molecular formula is C17H16FN3O3. The first kappa shape index (κ1) is 15.2. The van der Waals surface area contributed by atoms with Crippen LogP contribution in [0.25, 0.3) is 11.0 Å². The average Bonchev–Trinajstić information content (AvgIpc) is 3.07. The Bertz CT molecular complexity index is 883. The first-order valence-electron chi connectivity index (χ1n) is 7.62. The van der Waals surface area contributed by atoms with Crippen LogP contribution in [-0.4, -0.2) is 37.0 Å². The number of nitrogens with zero attached hydrogens (tertiary/aromatic N) is 3. The van der Waals surface area contributed by atoms with Gasteiger partial charge in [-0.25, -0.2) is 14.4 Å². The minimum Gasteiger partial charge on any atom is -0.387 e. The van der Waals surface area contributed by atoms with Crippen molar-refractivity contribution in [3.8, 4) is 0 Å². The molecule has 4 unspecified atom stereocenters. The third-order valence-electron chi connectivity index (χ3n) is 4.39. The molecule has 7 heteroatoms. The molecule has 2 aromatic heterocycles. The highest BCUT2D eigenvalue weighted by Gasteiger charge is 2.45. The van der Waals surface area contributed by atoms with Crippen molar-refractivity contribution < 1.29 is 19.3 Å². The van der Waals surface area contributed by atoms with Gasteiger partial charge in [0.2, 0.25) is 0 Å². The molecule has 24 heavy (non-hydrogen) atoms. The molecule has 3 aromatic rings. The summed E-state index contributed by atoms with van der Waals surface area (Å²) in [6.45, 7) is 1.69. The highest BCUT2D eigenvalue weighted by atomic mass is 19.1. The van der Waals surface area contributed by atoms with E-state index in [1.165, 1.54) is 17.1 Å². The van der Waals surface area contributed by atoms with Gasteiger partial charge in [-0.1, -0.05) is 30.3 Å². The molecule has 1 saturated heterocycles. The maximum absolute atomic E-state index is 14.3. The summed E-state index contributed by atoms with van der Waals surface area (Å²) in [6.07, 6.45) is -1.41. The summed E-state index contributed by atoms with van der Waals surface area (Å²) in [5.74, 6) is -0.489. The van der Waals surface area contributed by atoms with Gasteiger partial charge in [-0.15, -0.1) is 0 Å². The van der Waals surface area contributed by atoms with Crippen molar-refractivity contribution in [3.05, 3.63) is 59.9 Å². The predicted molar refractivity (Wildman–Crippen MR) is 83.5 cm³/mol. The highest BCUT2D eigenvalue weighted by molar-refractivity contribution is 5.79. The van der Waals surface area contributed by atoms with E-state index in [9.17, 15) is 14.6 Å². The van der Waals surface area contributed by atoms with E-state index < -0.39 is 30.4 Å². The average molecular weight is 329 g/mol. The maximum atomic E-state index is 14.3. The smallest absolute Gasteiger partial charge is 0.164 e. The van der Waals surface area contributed by atoms with E-state index in [2.05, 4.69) is 9.97 Å². The van der Waals surface area contributed by atoms with Crippen LogP contribution >= 0.6 is 0 Å². The topological polar surface area (TPSA) is 80.4 Å². The SMILES string of the molecule is Cc1ncnc2c1c(F)cn2C1OC(c2ccccc2)C(O)C1O. The maximum Gasteiger partial charge on any atom is 0.164 e. The van der Waals surface area contributed by atoms with E-state index in [1.807, 2.05) is 30.3 Å². The lowest BCUT2D eigenvalue weighted by Crippen LogP contribution is -2.29. The van der Waals surface area contributed by atoms with Crippen LogP contribution in [0.1, 0.15) is 23.6 Å². The standard InChI is InChI=1S/C17H16FN3O3/c1-9-12-11(18)7-21(16(12)20-8-19-9)17-14(23)13(22)15(24-17)10-5-3-2-4-6-10/h2-8,13-15,17,22-23H,1H3. The zero-order chi connectivity index (χ0) is 16.8. The van der Waals surface area contributed by atoms with Crippen molar-refractivity contribution in [2.24, 2.45) is 0 Å². The van der Waals surface area contributed by atoms with Crippen LogP contribution in [0.5, 0.6) is 0 Å². The molecule has 0 aliphatic carbocycles. The Balaban J connectivity index is 1.77. The van der Waals surface area contributed by atoms with Gasteiger partial charge < -0.3 is 19.5 Å². The summed E-state index contributed by atoms with van der Waals surface area (Å²) in [5, 5.41) is 21.1. The molecule has 4 atom stereocenters. The molecule has 1 fully saturated rings. The minimum atomic E-state index is -1.21. The molecule has 0 radical (unpaired) electrons. The Kier molecular flexibility index (Phi) is 3.56. The van der Waals surface area contributed by atoms with Gasteiger partial charge in [0, 0.05) is 6.20 Å². The number of aliphatic hydroxyl groups is 2. The van der Waals surface area contributed by atoms with Gasteiger partial charge >= 0.3 is 0 Å². The Morgan fingerprint density at radius 2 is 1.88 bits per heavy atom. The van der Waals surface area contributed by atoms with Crippen LogP contribution in [0.2, 0.25) is 0 Å². The van der Waals surface area contributed by atoms with Crippen LogP contribution in [-0.2, 0) is 4.74 Å². The third kappa shape index (κ3) is 2.21. The number of benzene rings is 1. The molecule has 3 heterocycles. The molecule has 124 valence electrons. The lowest BCUT2D eigenvalue weighted by Gasteiger charge is -2.17. The molecule has 2 N–H and O–H groups in total. The van der Waals surface area contributed by atoms with Crippen molar-refractivity contribution in [1.82, 2.24) is 14.5 Å². The molecule has 0 spiro atoms. The van der Waals surface area contributed by atoms with Crippen molar-refractivity contribution in [2.75, 3.05) is 0 Å². The van der Waals surface area contributed by atoms with Gasteiger partial charge in [0.05, 0.1) is 11.1 Å². The van der Waals surface area contributed by atoms with Crippen molar-refractivity contribution in [1.29, 1.82) is 0 Å². The van der Waals surface area contributed by atoms with Crippen LogP contribution in [0.3, 0.4) is 0 Å². The normalized spacial score (nSPS) is 27.0. The third-order valence-corrected chi connectivity index (χ3v) is 4.39. The van der Waals surface area contributed by atoms with Crippen molar-refractivity contribution >= 4 is 11.0 Å². The zero-order valence-electron chi connectivity index (χ0n) is 12.9. The first-order chi connectivity index (χ1) is 11.6. The van der Waals surface area contributed by atoms with Crippen molar-refractivity contribution in [2.45, 2.75) is 31.5 Å². The van der Waals surface area contributed by atoms with Crippen LogP contribution in [0, 0.1) is 12.7 Å². The van der Waals surface area contributed by atoms with Crippen LogP contribution < -0.4 is 0 Å². The fourth-order valence-electron chi connectivity index (χ4n) is 3.19. The number of aryl methyl sites for hydroxylation is 1. The quantitative estimate of drug-likeness (QED) is 0.750. The lowest BCUT2D eigenvalue weighted by atomic mass is 10.0. The number of fused-ring (bicyclic) bond motifs is 1. The fourth-order valence-corrected chi connectivity index (χ4v) is 3.19. The van der Waals surface area contributed by atoms with E-state index in [4.69, 9.17) is 4.74 Å². The summed E-state index contributed by atoms with van der Waals surface area (Å²) < 4.78 is 21.5. The van der Waals surface area contributed by atoms with Gasteiger partial charge in [-0.2, -0.15) is 0 Å². The number of hydrogen-bond acceptors (Lipinski definition) is 5. The summed E-state index contributed by atoms with van der Waals surface area (Å²) in [5.41, 5.74) is 1.57. The monoisotopic (exact) mass is 329 g/mol. The number of halogens is 1. The van der Waals surface area contributed by atoms with E-state index in [1.54, 1.807) is 6.92 Å². The molecule has 6 nitrogen and oxygen atoms in total. The number of hydrogen-bond donors (Lipinski definition) is 2. The molecule has 1 aliphatic rings. The molecule has 1 aromatic carbocycles. The lowest BCUT2D eigenvalue weighted by molar-refractivity contribution is -0.0358. The van der Waals surface area contributed by atoms with Gasteiger partial charge in [0.25, 0.3) is 0 Å². The molecular weight excluding hydrogens is 313 g/mol. The summed E-state index contributed by atoms with van der Waals surface area (Å²) in [7, 11) is 0. The van der Waals surface area contributed by atoms with Gasteiger partial charge in [0.15, 0.2) is 12.0 Å². The molecule has 0 bridgehead atoms. The fraction of sp³-hybridized carbons (Fsp3) is 0.294. The van der Waals surface area contributed by atoms with E-state index in [0.717, 1.165) is 5.56 Å². The number of aromatic nitrogens is 3. The zero-order valence-corrected chi connectivity index (χ0v) is 12.9. The Hall–Kier alpha value is -2.35. The Labute approximate surface area is 137 Å². The Morgan fingerprint density at radius 1 is 1.12 bits per heavy atom. The largest absolute Gasteiger partial charge is 0.387 e. The summed E-state index contributed by atoms with van der Waals surface area (Å²) in [6, 6.07) is 9.12. The predicted octanol–water partition coefficient (Wildman–Crippen LogP) is 1.87. The highest BCUT2D eigenvalue weighted by Crippen LogP contribution is 2.40. The molecule has 0 amide bonds. The summed E-state index contributed by atoms with van der Waals surface area (Å²) in [4.78, 5) is 8.09.